The van der Waals surface area contributed by atoms with Crippen LogP contribution in [-0.4, -0.2) is 36.2 Å². The van der Waals surface area contributed by atoms with Crippen molar-refractivity contribution in [2.24, 2.45) is 0 Å². The zero-order valence-electron chi connectivity index (χ0n) is 13.0. The number of hydrogen-bond acceptors (Lipinski definition) is 3. The molecule has 1 rings (SSSR count). The highest BCUT2D eigenvalue weighted by atomic mass is 16.2. The van der Waals surface area contributed by atoms with E-state index in [2.05, 4.69) is 31.0 Å². The monoisotopic (exact) mass is 278 g/mol. The summed E-state index contributed by atoms with van der Waals surface area (Å²) in [6, 6.07) is 9.06. The van der Waals surface area contributed by atoms with Crippen molar-refractivity contribution in [2.45, 2.75) is 34.1 Å². The molecule has 112 valence electrons. The summed E-state index contributed by atoms with van der Waals surface area (Å²) >= 11 is 0. The Labute approximate surface area is 122 Å². The summed E-state index contributed by atoms with van der Waals surface area (Å²) in [5.41, 5.74) is 0.716. The van der Waals surface area contributed by atoms with Gasteiger partial charge in [0.2, 0.25) is 5.91 Å². The second-order valence-corrected chi connectivity index (χ2v) is 4.41. The maximum atomic E-state index is 11.1. The molecule has 0 unspecified atom stereocenters. The van der Waals surface area contributed by atoms with Gasteiger partial charge in [0.25, 0.3) is 0 Å². The quantitative estimate of drug-likeness (QED) is 0.814. The first-order chi connectivity index (χ1) is 9.53. The number of rotatable bonds is 6. The molecule has 1 amide bonds. The second kappa shape index (κ2) is 11.2. The van der Waals surface area contributed by atoms with E-state index in [1.165, 1.54) is 26.6 Å². The molecule has 4 nitrogen and oxygen atoms in total. The third-order valence-electron chi connectivity index (χ3n) is 2.81. The molecular weight excluding hydrogens is 252 g/mol. The third kappa shape index (κ3) is 9.28. The van der Waals surface area contributed by atoms with Crippen molar-refractivity contribution < 1.29 is 9.59 Å². The van der Waals surface area contributed by atoms with Crippen molar-refractivity contribution >= 4 is 17.4 Å². The average Bonchev–Trinajstić information content (AvgIpc) is 2.41. The van der Waals surface area contributed by atoms with E-state index < -0.39 is 0 Å². The third-order valence-corrected chi connectivity index (χ3v) is 2.81. The van der Waals surface area contributed by atoms with Gasteiger partial charge in [0, 0.05) is 5.69 Å². The Morgan fingerprint density at radius 1 is 1.00 bits per heavy atom. The summed E-state index contributed by atoms with van der Waals surface area (Å²) in [6.07, 6.45) is -0.0606. The Hall–Kier alpha value is -1.68. The molecule has 0 radical (unpaired) electrons. The number of para-hydroxylation sites is 1. The first kappa shape index (κ1) is 18.3. The Morgan fingerprint density at radius 2 is 1.50 bits per heavy atom. The first-order valence-electron chi connectivity index (χ1n) is 7.10. The molecule has 0 heterocycles. The highest BCUT2D eigenvalue weighted by molar-refractivity contribution is 6.03. The van der Waals surface area contributed by atoms with Gasteiger partial charge in [-0.3, -0.25) is 9.59 Å². The van der Waals surface area contributed by atoms with Crippen molar-refractivity contribution in [3.05, 3.63) is 30.3 Å². The molecule has 20 heavy (non-hydrogen) atoms. The van der Waals surface area contributed by atoms with Crippen LogP contribution < -0.4 is 5.32 Å². The van der Waals surface area contributed by atoms with Gasteiger partial charge in [-0.1, -0.05) is 39.0 Å². The average molecular weight is 278 g/mol. The van der Waals surface area contributed by atoms with E-state index in [1.807, 2.05) is 18.2 Å². The molecule has 0 aliphatic heterocycles. The number of hydrogen-bond donors (Lipinski definition) is 1. The van der Waals surface area contributed by atoms with Crippen LogP contribution in [0.5, 0.6) is 0 Å². The van der Waals surface area contributed by atoms with Crippen molar-refractivity contribution in [1.29, 1.82) is 0 Å². The molecule has 1 aromatic carbocycles. The van der Waals surface area contributed by atoms with Crippen molar-refractivity contribution in [1.82, 2.24) is 4.90 Å². The largest absolute Gasteiger partial charge is 0.326 e. The lowest BCUT2D eigenvalue weighted by Gasteiger charge is -2.13. The Bertz CT molecular complexity index is 381. The summed E-state index contributed by atoms with van der Waals surface area (Å²) in [5.74, 6) is -0.396. The molecule has 0 saturated heterocycles. The molecule has 0 saturated carbocycles. The first-order valence-corrected chi connectivity index (χ1v) is 7.10. The van der Waals surface area contributed by atoms with Crippen LogP contribution in [0, 0.1) is 0 Å². The number of carbonyl (C=O) groups is 2. The maximum Gasteiger partial charge on any atom is 0.231 e. The van der Waals surface area contributed by atoms with Gasteiger partial charge in [-0.2, -0.15) is 0 Å². The molecule has 0 atom stereocenters. The number of ketones is 1. The molecular formula is C16H26N2O2. The number of carbonyl (C=O) groups excluding carboxylic acids is 2. The summed E-state index contributed by atoms with van der Waals surface area (Å²) in [6.45, 7) is 11.5. The minimum absolute atomic E-state index is 0.0606. The maximum absolute atomic E-state index is 11.1. The minimum Gasteiger partial charge on any atom is -0.326 e. The summed E-state index contributed by atoms with van der Waals surface area (Å²) in [7, 11) is 0. The van der Waals surface area contributed by atoms with Gasteiger partial charge in [-0.25, -0.2) is 0 Å². The molecule has 0 aliphatic carbocycles. The Morgan fingerprint density at radius 3 is 1.85 bits per heavy atom. The predicted octanol–water partition coefficient (Wildman–Crippen LogP) is 2.95. The van der Waals surface area contributed by atoms with Crippen molar-refractivity contribution in [2.75, 3.05) is 25.0 Å². The lowest BCUT2D eigenvalue weighted by Crippen LogP contribution is -2.21. The van der Waals surface area contributed by atoms with E-state index >= 15 is 0 Å². The molecule has 4 heteroatoms. The van der Waals surface area contributed by atoms with E-state index in [0.29, 0.717) is 5.69 Å². The number of anilines is 1. The van der Waals surface area contributed by atoms with Crippen LogP contribution in [-0.2, 0) is 9.59 Å². The lowest BCUT2D eigenvalue weighted by atomic mass is 10.2. The summed E-state index contributed by atoms with van der Waals surface area (Å²) < 4.78 is 0. The van der Waals surface area contributed by atoms with Crippen LogP contribution in [0.3, 0.4) is 0 Å². The fourth-order valence-corrected chi connectivity index (χ4v) is 1.62. The molecule has 0 aliphatic rings. The van der Waals surface area contributed by atoms with Gasteiger partial charge in [0.05, 0.1) is 6.42 Å². The number of nitrogens with one attached hydrogen (secondary N) is 1. The Kier molecular flexibility index (Phi) is 10.2. The molecule has 1 N–H and O–H groups in total. The number of Topliss-reactive ketones (excluding diaryl/α,β-unsaturated/α-hetero) is 1. The van der Waals surface area contributed by atoms with E-state index in [0.717, 1.165) is 0 Å². The van der Waals surface area contributed by atoms with Crippen LogP contribution in [0.4, 0.5) is 5.69 Å². The van der Waals surface area contributed by atoms with E-state index in [9.17, 15) is 9.59 Å². The number of nitrogens with zero attached hydrogens (tertiary/aromatic N) is 1. The standard InChI is InChI=1S/C10H11NO2.C6H15N/c1-8(12)7-10(13)11-9-5-3-2-4-6-9;1-4-7(5-2)6-3/h2-6H,7H2,1H3,(H,11,13);4-6H2,1-3H3. The van der Waals surface area contributed by atoms with Gasteiger partial charge < -0.3 is 10.2 Å². The minimum atomic E-state index is -0.265. The summed E-state index contributed by atoms with van der Waals surface area (Å²) in [4.78, 5) is 24.0. The van der Waals surface area contributed by atoms with Gasteiger partial charge >= 0.3 is 0 Å². The van der Waals surface area contributed by atoms with Crippen molar-refractivity contribution in [3.63, 3.8) is 0 Å². The van der Waals surface area contributed by atoms with Gasteiger partial charge in [-0.05, 0) is 38.7 Å². The van der Waals surface area contributed by atoms with Crippen LogP contribution in [0.2, 0.25) is 0 Å². The van der Waals surface area contributed by atoms with Gasteiger partial charge in [0.15, 0.2) is 0 Å². The fraction of sp³-hybridized carbons (Fsp3) is 0.500. The van der Waals surface area contributed by atoms with Crippen LogP contribution in [0.1, 0.15) is 34.1 Å². The van der Waals surface area contributed by atoms with Crippen LogP contribution in [0.25, 0.3) is 0 Å². The van der Waals surface area contributed by atoms with E-state index in [4.69, 9.17) is 0 Å². The Balaban J connectivity index is 0.000000441. The highest BCUT2D eigenvalue weighted by Crippen LogP contribution is 2.05. The van der Waals surface area contributed by atoms with Gasteiger partial charge in [0.1, 0.15) is 5.78 Å². The highest BCUT2D eigenvalue weighted by Gasteiger charge is 2.04. The summed E-state index contributed by atoms with van der Waals surface area (Å²) in [5, 5.41) is 2.61. The molecule has 0 bridgehead atoms. The second-order valence-electron chi connectivity index (χ2n) is 4.41. The zero-order chi connectivity index (χ0) is 15.4. The topological polar surface area (TPSA) is 49.4 Å². The zero-order valence-corrected chi connectivity index (χ0v) is 13.0. The lowest BCUT2D eigenvalue weighted by molar-refractivity contribution is -0.124. The van der Waals surface area contributed by atoms with E-state index in [1.54, 1.807) is 12.1 Å². The smallest absolute Gasteiger partial charge is 0.231 e. The predicted molar refractivity (Wildman–Crippen MR) is 83.8 cm³/mol. The normalized spacial score (nSPS) is 9.65. The van der Waals surface area contributed by atoms with E-state index in [-0.39, 0.29) is 18.1 Å². The van der Waals surface area contributed by atoms with Crippen molar-refractivity contribution in [3.8, 4) is 0 Å². The molecule has 1 aromatic rings. The van der Waals surface area contributed by atoms with Crippen LogP contribution in [0.15, 0.2) is 30.3 Å². The van der Waals surface area contributed by atoms with Crippen LogP contribution >= 0.6 is 0 Å². The fourth-order valence-electron chi connectivity index (χ4n) is 1.62. The molecule has 0 aromatic heterocycles. The molecule has 0 fully saturated rings. The number of benzene rings is 1. The SMILES string of the molecule is CC(=O)CC(=O)Nc1ccccc1.CCN(CC)CC. The van der Waals surface area contributed by atoms with Gasteiger partial charge in [-0.15, -0.1) is 0 Å². The molecule has 0 spiro atoms. The number of amides is 1.